The van der Waals surface area contributed by atoms with Crippen LogP contribution in [0.2, 0.25) is 0 Å². The number of rotatable bonds is 6. The highest BCUT2D eigenvalue weighted by atomic mass is 79.9. The van der Waals surface area contributed by atoms with Crippen molar-refractivity contribution in [2.24, 2.45) is 7.05 Å². The lowest BCUT2D eigenvalue weighted by molar-refractivity contribution is -0.121. The van der Waals surface area contributed by atoms with Crippen molar-refractivity contribution in [1.82, 2.24) is 9.88 Å². The molecular weight excluding hydrogens is 256 g/mol. The molecule has 0 saturated heterocycles. The Morgan fingerprint density at radius 2 is 2.33 bits per heavy atom. The van der Waals surface area contributed by atoms with Gasteiger partial charge in [0.1, 0.15) is 0 Å². The molecule has 0 fully saturated rings. The summed E-state index contributed by atoms with van der Waals surface area (Å²) in [6.45, 7) is 0.633. The van der Waals surface area contributed by atoms with Crippen LogP contribution in [-0.2, 0) is 18.4 Å². The molecular formula is C11H17BrN2O. The van der Waals surface area contributed by atoms with Gasteiger partial charge < -0.3 is 9.88 Å². The van der Waals surface area contributed by atoms with Crippen molar-refractivity contribution >= 4 is 21.8 Å². The summed E-state index contributed by atoms with van der Waals surface area (Å²) in [5.74, 6) is 0.139. The first-order valence-corrected chi connectivity index (χ1v) is 6.28. The normalized spacial score (nSPS) is 10.3. The van der Waals surface area contributed by atoms with Crippen LogP contribution in [0.5, 0.6) is 0 Å². The Kier molecular flexibility index (Phi) is 5.47. The van der Waals surface area contributed by atoms with Crippen LogP contribution in [0.25, 0.3) is 0 Å². The highest BCUT2D eigenvalue weighted by Gasteiger charge is 2.01. The molecule has 1 amide bonds. The average molecular weight is 273 g/mol. The Bertz CT molecular complexity index is 309. The van der Waals surface area contributed by atoms with E-state index in [2.05, 4.69) is 21.2 Å². The number of hydrogen-bond acceptors (Lipinski definition) is 1. The number of nitrogens with one attached hydrogen (secondary N) is 1. The second kappa shape index (κ2) is 6.67. The third kappa shape index (κ3) is 5.02. The monoisotopic (exact) mass is 272 g/mol. The smallest absolute Gasteiger partial charge is 0.220 e. The maximum atomic E-state index is 11.4. The van der Waals surface area contributed by atoms with Gasteiger partial charge >= 0.3 is 0 Å². The van der Waals surface area contributed by atoms with Crippen LogP contribution in [0.4, 0.5) is 0 Å². The zero-order valence-corrected chi connectivity index (χ0v) is 10.6. The third-order valence-corrected chi connectivity index (χ3v) is 2.73. The Morgan fingerprint density at radius 3 is 2.93 bits per heavy atom. The Balaban J connectivity index is 2.16. The van der Waals surface area contributed by atoms with Crippen LogP contribution in [-0.4, -0.2) is 15.8 Å². The van der Waals surface area contributed by atoms with Crippen molar-refractivity contribution < 1.29 is 4.79 Å². The van der Waals surface area contributed by atoms with Crippen LogP contribution in [0.3, 0.4) is 0 Å². The van der Waals surface area contributed by atoms with Crippen molar-refractivity contribution in [2.75, 3.05) is 5.33 Å². The summed E-state index contributed by atoms with van der Waals surface area (Å²) in [5.41, 5.74) is 1.14. The summed E-state index contributed by atoms with van der Waals surface area (Å²) in [4.78, 5) is 11.4. The second-order valence-corrected chi connectivity index (χ2v) is 4.40. The number of aromatic nitrogens is 1. The van der Waals surface area contributed by atoms with Crippen molar-refractivity contribution in [3.8, 4) is 0 Å². The van der Waals surface area contributed by atoms with Gasteiger partial charge in [0.05, 0.1) is 0 Å². The van der Waals surface area contributed by atoms with Gasteiger partial charge in [0, 0.05) is 37.7 Å². The van der Waals surface area contributed by atoms with E-state index in [0.717, 1.165) is 23.7 Å². The van der Waals surface area contributed by atoms with Crippen LogP contribution in [0.1, 0.15) is 24.8 Å². The minimum Gasteiger partial charge on any atom is -0.357 e. The maximum Gasteiger partial charge on any atom is 0.220 e. The van der Waals surface area contributed by atoms with E-state index >= 15 is 0 Å². The summed E-state index contributed by atoms with van der Waals surface area (Å²) in [6.07, 6.45) is 6.62. The van der Waals surface area contributed by atoms with Gasteiger partial charge in [-0.2, -0.15) is 0 Å². The van der Waals surface area contributed by atoms with Crippen LogP contribution < -0.4 is 5.32 Å². The maximum absolute atomic E-state index is 11.4. The fraction of sp³-hybridized carbons (Fsp3) is 0.545. The molecule has 0 aromatic carbocycles. The van der Waals surface area contributed by atoms with Gasteiger partial charge in [0.15, 0.2) is 0 Å². The molecule has 15 heavy (non-hydrogen) atoms. The van der Waals surface area contributed by atoms with Crippen molar-refractivity contribution in [2.45, 2.75) is 25.8 Å². The Hall–Kier alpha value is -0.770. The van der Waals surface area contributed by atoms with E-state index in [1.165, 1.54) is 0 Å². The van der Waals surface area contributed by atoms with Crippen LogP contribution in [0, 0.1) is 0 Å². The molecule has 1 rings (SSSR count). The number of aryl methyl sites for hydroxylation is 1. The van der Waals surface area contributed by atoms with E-state index in [0.29, 0.717) is 13.0 Å². The number of carbonyl (C=O) groups is 1. The molecule has 0 atom stereocenters. The highest BCUT2D eigenvalue weighted by molar-refractivity contribution is 9.09. The topological polar surface area (TPSA) is 34.0 Å². The zero-order valence-electron chi connectivity index (χ0n) is 9.00. The summed E-state index contributed by atoms with van der Waals surface area (Å²) in [7, 11) is 1.97. The van der Waals surface area contributed by atoms with E-state index in [1.54, 1.807) is 0 Å². The minimum atomic E-state index is 0.139. The van der Waals surface area contributed by atoms with E-state index in [1.807, 2.05) is 30.1 Å². The molecule has 1 aromatic rings. The highest BCUT2D eigenvalue weighted by Crippen LogP contribution is 2.01. The fourth-order valence-corrected chi connectivity index (χ4v) is 1.73. The lowest BCUT2D eigenvalue weighted by atomic mass is 10.2. The lowest BCUT2D eigenvalue weighted by Gasteiger charge is -2.02. The molecule has 0 spiro atoms. The molecule has 0 saturated carbocycles. The second-order valence-electron chi connectivity index (χ2n) is 3.61. The summed E-state index contributed by atoms with van der Waals surface area (Å²) >= 11 is 3.34. The quantitative estimate of drug-likeness (QED) is 0.625. The van der Waals surface area contributed by atoms with Gasteiger partial charge in [0.2, 0.25) is 5.91 Å². The van der Waals surface area contributed by atoms with E-state index in [4.69, 9.17) is 0 Å². The molecule has 1 N–H and O–H groups in total. The zero-order chi connectivity index (χ0) is 11.1. The minimum absolute atomic E-state index is 0.139. The fourth-order valence-electron chi connectivity index (χ4n) is 1.33. The largest absolute Gasteiger partial charge is 0.357 e. The Labute approximate surface area is 99.0 Å². The van der Waals surface area contributed by atoms with Crippen molar-refractivity contribution in [1.29, 1.82) is 0 Å². The molecule has 1 aromatic heterocycles. The molecule has 0 aliphatic rings. The Morgan fingerprint density at radius 1 is 1.53 bits per heavy atom. The van der Waals surface area contributed by atoms with Crippen molar-refractivity contribution in [3.05, 3.63) is 24.0 Å². The summed E-state index contributed by atoms with van der Waals surface area (Å²) in [6, 6.07) is 2.01. The number of amides is 1. The number of nitrogens with zero attached hydrogens (tertiary/aromatic N) is 1. The first kappa shape index (κ1) is 12.3. The van der Waals surface area contributed by atoms with Crippen LogP contribution in [0.15, 0.2) is 18.5 Å². The molecule has 84 valence electrons. The van der Waals surface area contributed by atoms with E-state index in [-0.39, 0.29) is 5.91 Å². The number of unbranched alkanes of at least 4 members (excludes halogenated alkanes) is 1. The van der Waals surface area contributed by atoms with Gasteiger partial charge in [0.25, 0.3) is 0 Å². The molecule has 0 aliphatic carbocycles. The predicted molar refractivity (Wildman–Crippen MR) is 64.9 cm³/mol. The summed E-state index contributed by atoms with van der Waals surface area (Å²) in [5, 5.41) is 3.87. The van der Waals surface area contributed by atoms with Gasteiger partial charge in [-0.1, -0.05) is 15.9 Å². The van der Waals surface area contributed by atoms with Crippen molar-refractivity contribution in [3.63, 3.8) is 0 Å². The molecule has 0 unspecified atom stereocenters. The SMILES string of the molecule is Cn1ccc(CNC(=O)CCCCBr)c1. The number of hydrogen-bond donors (Lipinski definition) is 1. The average Bonchev–Trinajstić information content (AvgIpc) is 2.62. The molecule has 0 bridgehead atoms. The molecule has 1 heterocycles. The number of carbonyl (C=O) groups excluding carboxylic acids is 1. The summed E-state index contributed by atoms with van der Waals surface area (Å²) < 4.78 is 1.98. The number of alkyl halides is 1. The van der Waals surface area contributed by atoms with Gasteiger partial charge in [-0.3, -0.25) is 4.79 Å². The first-order valence-electron chi connectivity index (χ1n) is 5.16. The standard InChI is InChI=1S/C11H17BrN2O/c1-14-7-5-10(9-14)8-13-11(15)4-2-3-6-12/h5,7,9H,2-4,6,8H2,1H3,(H,13,15). The molecule has 3 nitrogen and oxygen atoms in total. The van der Waals surface area contributed by atoms with Crippen LogP contribution >= 0.6 is 15.9 Å². The lowest BCUT2D eigenvalue weighted by Crippen LogP contribution is -2.22. The van der Waals surface area contributed by atoms with E-state index in [9.17, 15) is 4.79 Å². The van der Waals surface area contributed by atoms with Gasteiger partial charge in [-0.15, -0.1) is 0 Å². The first-order chi connectivity index (χ1) is 7.22. The molecule has 0 radical (unpaired) electrons. The third-order valence-electron chi connectivity index (χ3n) is 2.17. The predicted octanol–water partition coefficient (Wildman–Crippen LogP) is 2.21. The number of halogens is 1. The molecule has 4 heteroatoms. The van der Waals surface area contributed by atoms with E-state index < -0.39 is 0 Å². The molecule has 0 aliphatic heterocycles. The van der Waals surface area contributed by atoms with Gasteiger partial charge in [-0.25, -0.2) is 0 Å². The van der Waals surface area contributed by atoms with Gasteiger partial charge in [-0.05, 0) is 24.5 Å².